The molecule has 0 aliphatic heterocycles. The van der Waals surface area contributed by atoms with Gasteiger partial charge in [-0.25, -0.2) is 8.78 Å². The van der Waals surface area contributed by atoms with E-state index in [4.69, 9.17) is 0 Å². The molecule has 3 aromatic rings. The molecule has 1 atom stereocenters. The highest BCUT2D eigenvalue weighted by Gasteiger charge is 2.35. The zero-order chi connectivity index (χ0) is 19.4. The monoisotopic (exact) mass is 364 g/mol. The molecular weight excluding hydrogens is 346 g/mol. The second kappa shape index (κ2) is 8.04. The molecule has 2 nitrogen and oxygen atoms in total. The molecule has 136 valence electrons. The standard InChI is InChI=1S/C23H18F2O2/c1-15(26)21(23(27)18-5-3-2-4-6-18)22(16-7-11-19(24)12-8-16)17-9-13-20(25)14-10-17/h2-14,21-22H,1H3/t21-/m0/s1. The average Bonchev–Trinajstić information content (AvgIpc) is 2.68. The number of halogens is 2. The van der Waals surface area contributed by atoms with Crippen LogP contribution in [0.25, 0.3) is 0 Å². The second-order valence-corrected chi connectivity index (χ2v) is 6.40. The lowest BCUT2D eigenvalue weighted by Crippen LogP contribution is -2.29. The zero-order valence-corrected chi connectivity index (χ0v) is 14.7. The Hall–Kier alpha value is -3.14. The molecular formula is C23H18F2O2. The van der Waals surface area contributed by atoms with E-state index in [2.05, 4.69) is 0 Å². The van der Waals surface area contributed by atoms with Gasteiger partial charge in [0.15, 0.2) is 5.78 Å². The maximum atomic E-state index is 13.4. The van der Waals surface area contributed by atoms with Crippen LogP contribution in [0, 0.1) is 17.6 Å². The summed E-state index contributed by atoms with van der Waals surface area (Å²) in [6.07, 6.45) is 0. The summed E-state index contributed by atoms with van der Waals surface area (Å²) in [4.78, 5) is 25.7. The molecule has 0 aliphatic carbocycles. The van der Waals surface area contributed by atoms with E-state index < -0.39 is 23.5 Å². The van der Waals surface area contributed by atoms with Crippen molar-refractivity contribution in [2.24, 2.45) is 5.92 Å². The first-order valence-electron chi connectivity index (χ1n) is 8.58. The molecule has 0 aromatic heterocycles. The van der Waals surface area contributed by atoms with Gasteiger partial charge in [-0.05, 0) is 42.3 Å². The molecule has 0 saturated heterocycles. The van der Waals surface area contributed by atoms with E-state index in [0.717, 1.165) is 0 Å². The van der Waals surface area contributed by atoms with Crippen LogP contribution in [0.1, 0.15) is 34.3 Å². The fourth-order valence-corrected chi connectivity index (χ4v) is 3.27. The van der Waals surface area contributed by atoms with Crippen LogP contribution >= 0.6 is 0 Å². The highest BCUT2D eigenvalue weighted by molar-refractivity contribution is 6.11. The summed E-state index contributed by atoms with van der Waals surface area (Å²) < 4.78 is 26.8. The van der Waals surface area contributed by atoms with Crippen molar-refractivity contribution < 1.29 is 18.4 Å². The minimum Gasteiger partial charge on any atom is -0.299 e. The number of ketones is 2. The quantitative estimate of drug-likeness (QED) is 0.446. The highest BCUT2D eigenvalue weighted by Crippen LogP contribution is 2.35. The Bertz CT molecular complexity index is 887. The van der Waals surface area contributed by atoms with Gasteiger partial charge in [-0.15, -0.1) is 0 Å². The Labute approximate surface area is 156 Å². The molecule has 0 heterocycles. The van der Waals surface area contributed by atoms with Gasteiger partial charge in [-0.3, -0.25) is 9.59 Å². The van der Waals surface area contributed by atoms with E-state index in [-0.39, 0.29) is 11.6 Å². The topological polar surface area (TPSA) is 34.1 Å². The second-order valence-electron chi connectivity index (χ2n) is 6.40. The molecule has 0 N–H and O–H groups in total. The molecule has 27 heavy (non-hydrogen) atoms. The van der Waals surface area contributed by atoms with Crippen LogP contribution in [0.3, 0.4) is 0 Å². The zero-order valence-electron chi connectivity index (χ0n) is 14.7. The number of benzene rings is 3. The van der Waals surface area contributed by atoms with Gasteiger partial charge in [-0.2, -0.15) is 0 Å². The van der Waals surface area contributed by atoms with Crippen molar-refractivity contribution in [1.82, 2.24) is 0 Å². The summed E-state index contributed by atoms with van der Waals surface area (Å²) in [6.45, 7) is 1.37. The Morgan fingerprint density at radius 1 is 0.704 bits per heavy atom. The normalized spacial score (nSPS) is 12.0. The van der Waals surface area contributed by atoms with Crippen molar-refractivity contribution in [2.75, 3.05) is 0 Å². The predicted molar refractivity (Wildman–Crippen MR) is 99.6 cm³/mol. The Morgan fingerprint density at radius 2 is 1.15 bits per heavy atom. The third-order valence-corrected chi connectivity index (χ3v) is 4.57. The number of carbonyl (C=O) groups is 2. The van der Waals surface area contributed by atoms with E-state index in [9.17, 15) is 18.4 Å². The van der Waals surface area contributed by atoms with Crippen LogP contribution in [0.5, 0.6) is 0 Å². The van der Waals surface area contributed by atoms with Crippen molar-refractivity contribution in [1.29, 1.82) is 0 Å². The van der Waals surface area contributed by atoms with Crippen LogP contribution in [0.15, 0.2) is 78.9 Å². The Balaban J connectivity index is 2.13. The van der Waals surface area contributed by atoms with Crippen LogP contribution in [-0.4, -0.2) is 11.6 Å². The summed E-state index contributed by atoms with van der Waals surface area (Å²) in [7, 11) is 0. The number of Topliss-reactive ketones (excluding diaryl/α,β-unsaturated/α-hetero) is 2. The maximum Gasteiger partial charge on any atom is 0.174 e. The van der Waals surface area contributed by atoms with E-state index in [1.807, 2.05) is 0 Å². The van der Waals surface area contributed by atoms with Crippen LogP contribution < -0.4 is 0 Å². The molecule has 3 rings (SSSR count). The molecule has 0 amide bonds. The average molecular weight is 364 g/mol. The molecule has 4 heteroatoms. The van der Waals surface area contributed by atoms with Crippen LogP contribution in [0.4, 0.5) is 8.78 Å². The lowest BCUT2D eigenvalue weighted by molar-refractivity contribution is -0.119. The van der Waals surface area contributed by atoms with E-state index in [0.29, 0.717) is 16.7 Å². The molecule has 0 fully saturated rings. The fraction of sp³-hybridized carbons (Fsp3) is 0.130. The minimum absolute atomic E-state index is 0.303. The maximum absolute atomic E-state index is 13.4. The summed E-state index contributed by atoms with van der Waals surface area (Å²) in [5, 5.41) is 0. The molecule has 0 bridgehead atoms. The van der Waals surface area contributed by atoms with Gasteiger partial charge in [0, 0.05) is 11.5 Å². The molecule has 0 unspecified atom stereocenters. The lowest BCUT2D eigenvalue weighted by atomic mass is 9.75. The molecule has 0 radical (unpaired) electrons. The first-order valence-corrected chi connectivity index (χ1v) is 8.58. The van der Waals surface area contributed by atoms with E-state index in [1.54, 1.807) is 54.6 Å². The SMILES string of the molecule is CC(=O)[C@H](C(=O)c1ccccc1)C(c1ccc(F)cc1)c1ccc(F)cc1. The van der Waals surface area contributed by atoms with Gasteiger partial charge in [0.25, 0.3) is 0 Å². The van der Waals surface area contributed by atoms with Gasteiger partial charge >= 0.3 is 0 Å². The van der Waals surface area contributed by atoms with Crippen molar-refractivity contribution in [3.8, 4) is 0 Å². The third kappa shape index (κ3) is 4.17. The first kappa shape index (κ1) is 18.6. The predicted octanol–water partition coefficient (Wildman–Crippen LogP) is 5.18. The molecule has 3 aromatic carbocycles. The van der Waals surface area contributed by atoms with Crippen molar-refractivity contribution >= 4 is 11.6 Å². The van der Waals surface area contributed by atoms with Crippen LogP contribution in [0.2, 0.25) is 0 Å². The third-order valence-electron chi connectivity index (χ3n) is 4.57. The lowest BCUT2D eigenvalue weighted by Gasteiger charge is -2.25. The van der Waals surface area contributed by atoms with E-state index in [1.165, 1.54) is 31.2 Å². The summed E-state index contributed by atoms with van der Waals surface area (Å²) >= 11 is 0. The summed E-state index contributed by atoms with van der Waals surface area (Å²) in [5.74, 6) is -3.08. The van der Waals surface area contributed by atoms with Gasteiger partial charge < -0.3 is 0 Å². The number of hydrogen-bond acceptors (Lipinski definition) is 2. The fourth-order valence-electron chi connectivity index (χ4n) is 3.27. The van der Waals surface area contributed by atoms with Gasteiger partial charge in [0.1, 0.15) is 17.4 Å². The number of carbonyl (C=O) groups excluding carboxylic acids is 2. The van der Waals surface area contributed by atoms with Crippen LogP contribution in [-0.2, 0) is 4.79 Å². The largest absolute Gasteiger partial charge is 0.299 e. The van der Waals surface area contributed by atoms with Gasteiger partial charge in [0.2, 0.25) is 0 Å². The summed E-state index contributed by atoms with van der Waals surface area (Å²) in [6, 6.07) is 19.9. The minimum atomic E-state index is -0.997. The summed E-state index contributed by atoms with van der Waals surface area (Å²) in [5.41, 5.74) is 1.66. The van der Waals surface area contributed by atoms with Crippen molar-refractivity contribution in [3.05, 3.63) is 107 Å². The highest BCUT2D eigenvalue weighted by atomic mass is 19.1. The van der Waals surface area contributed by atoms with Gasteiger partial charge in [0.05, 0.1) is 5.92 Å². The molecule has 0 saturated carbocycles. The Morgan fingerprint density at radius 3 is 1.56 bits per heavy atom. The molecule has 0 aliphatic rings. The first-order chi connectivity index (χ1) is 13.0. The van der Waals surface area contributed by atoms with Gasteiger partial charge in [-0.1, -0.05) is 54.6 Å². The molecule has 0 spiro atoms. The number of rotatable bonds is 6. The van der Waals surface area contributed by atoms with Crippen molar-refractivity contribution in [3.63, 3.8) is 0 Å². The van der Waals surface area contributed by atoms with E-state index >= 15 is 0 Å². The Kier molecular flexibility index (Phi) is 5.55. The van der Waals surface area contributed by atoms with Crippen molar-refractivity contribution in [2.45, 2.75) is 12.8 Å². The smallest absolute Gasteiger partial charge is 0.174 e. The number of hydrogen-bond donors (Lipinski definition) is 0.